The Kier molecular flexibility index (Phi) is 7.52. The lowest BCUT2D eigenvalue weighted by Crippen LogP contribution is -2.22. The highest BCUT2D eigenvalue weighted by atomic mass is 16.4. The van der Waals surface area contributed by atoms with Crippen molar-refractivity contribution in [2.45, 2.75) is 46.7 Å². The quantitative estimate of drug-likeness (QED) is 0.223. The molecule has 3 aromatic carbocycles. The number of amides is 1. The molecular formula is C34H33N3O3. The Morgan fingerprint density at radius 3 is 2.40 bits per heavy atom. The smallest absolute Gasteiger partial charge is 0.336 e. The van der Waals surface area contributed by atoms with Gasteiger partial charge >= 0.3 is 5.97 Å². The van der Waals surface area contributed by atoms with Gasteiger partial charge < -0.3 is 15.0 Å². The number of aryl methyl sites for hydroxylation is 1. The maximum atomic E-state index is 13.0. The van der Waals surface area contributed by atoms with Gasteiger partial charge in [0.1, 0.15) is 0 Å². The standard InChI is InChI=1S/C34H33N3O3/c1-21(2)28-15-25(17-35-19-28)18-36-33(38)27-13-14-32-31(16-27)22(3)23(4)37(32)20-24-9-11-26(12-10-24)29-7-5-6-8-30(29)34(39)40/h5-17,19,21H,18,20H2,1-4H3,(H,36,38)(H,39,40). The molecule has 2 aromatic heterocycles. The number of pyridine rings is 1. The Morgan fingerprint density at radius 2 is 1.68 bits per heavy atom. The molecule has 0 spiro atoms. The van der Waals surface area contributed by atoms with E-state index >= 15 is 0 Å². The Morgan fingerprint density at radius 1 is 0.925 bits per heavy atom. The lowest BCUT2D eigenvalue weighted by Gasteiger charge is -2.11. The van der Waals surface area contributed by atoms with Crippen molar-refractivity contribution in [3.63, 3.8) is 0 Å². The predicted octanol–water partition coefficient (Wildman–Crippen LogP) is 7.12. The van der Waals surface area contributed by atoms with Crippen molar-refractivity contribution in [2.75, 3.05) is 0 Å². The number of carboxylic acid groups (broad SMARTS) is 1. The van der Waals surface area contributed by atoms with Crippen LogP contribution < -0.4 is 5.32 Å². The maximum Gasteiger partial charge on any atom is 0.336 e. The van der Waals surface area contributed by atoms with Crippen LogP contribution in [0.5, 0.6) is 0 Å². The summed E-state index contributed by atoms with van der Waals surface area (Å²) in [6.45, 7) is 9.54. The summed E-state index contributed by atoms with van der Waals surface area (Å²) in [4.78, 5) is 29.0. The molecule has 0 fully saturated rings. The number of hydrogen-bond donors (Lipinski definition) is 2. The molecular weight excluding hydrogens is 498 g/mol. The van der Waals surface area contributed by atoms with Gasteiger partial charge in [-0.1, -0.05) is 62.4 Å². The van der Waals surface area contributed by atoms with Gasteiger partial charge in [0.05, 0.1) is 5.56 Å². The molecule has 0 bridgehead atoms. The SMILES string of the molecule is Cc1c(C)n(Cc2ccc(-c3ccccc3C(=O)O)cc2)c2ccc(C(=O)NCc3cncc(C(C)C)c3)cc12. The van der Waals surface area contributed by atoms with Crippen molar-refractivity contribution in [2.24, 2.45) is 0 Å². The minimum absolute atomic E-state index is 0.112. The lowest BCUT2D eigenvalue weighted by molar-refractivity contribution is 0.0697. The van der Waals surface area contributed by atoms with Crippen LogP contribution in [0.1, 0.15) is 68.4 Å². The van der Waals surface area contributed by atoms with Gasteiger partial charge in [-0.15, -0.1) is 0 Å². The van der Waals surface area contributed by atoms with Gasteiger partial charge in [0.15, 0.2) is 0 Å². The first-order chi connectivity index (χ1) is 19.2. The number of nitrogens with one attached hydrogen (secondary N) is 1. The Hall–Kier alpha value is -4.71. The molecule has 0 radical (unpaired) electrons. The Balaban J connectivity index is 1.35. The Bertz CT molecular complexity index is 1720. The van der Waals surface area contributed by atoms with E-state index in [0.717, 1.165) is 44.4 Å². The van der Waals surface area contributed by atoms with E-state index in [2.05, 4.69) is 48.6 Å². The van der Waals surface area contributed by atoms with Crippen LogP contribution >= 0.6 is 0 Å². The van der Waals surface area contributed by atoms with Gasteiger partial charge in [0.2, 0.25) is 0 Å². The summed E-state index contributed by atoms with van der Waals surface area (Å²) in [5.74, 6) is -0.665. The molecule has 1 amide bonds. The van der Waals surface area contributed by atoms with E-state index in [-0.39, 0.29) is 5.91 Å². The van der Waals surface area contributed by atoms with Crippen LogP contribution in [-0.2, 0) is 13.1 Å². The highest BCUT2D eigenvalue weighted by Crippen LogP contribution is 2.29. The highest BCUT2D eigenvalue weighted by molar-refractivity contribution is 5.99. The van der Waals surface area contributed by atoms with Crippen molar-refractivity contribution in [3.05, 3.63) is 124 Å². The average molecular weight is 532 g/mol. The highest BCUT2D eigenvalue weighted by Gasteiger charge is 2.15. The van der Waals surface area contributed by atoms with Crippen LogP contribution in [0.3, 0.4) is 0 Å². The second-order valence-corrected chi connectivity index (χ2v) is 10.5. The van der Waals surface area contributed by atoms with Crippen molar-refractivity contribution in [1.82, 2.24) is 14.9 Å². The molecule has 0 unspecified atom stereocenters. The van der Waals surface area contributed by atoms with Gasteiger partial charge in [-0.05, 0) is 77.4 Å². The molecule has 0 aliphatic heterocycles. The zero-order chi connectivity index (χ0) is 28.4. The van der Waals surface area contributed by atoms with E-state index in [1.54, 1.807) is 18.3 Å². The second-order valence-electron chi connectivity index (χ2n) is 10.5. The summed E-state index contributed by atoms with van der Waals surface area (Å²) in [6.07, 6.45) is 3.66. The van der Waals surface area contributed by atoms with Crippen LogP contribution in [0, 0.1) is 13.8 Å². The first-order valence-corrected chi connectivity index (χ1v) is 13.5. The zero-order valence-electron chi connectivity index (χ0n) is 23.2. The van der Waals surface area contributed by atoms with Crippen LogP contribution in [-0.4, -0.2) is 26.5 Å². The molecule has 0 saturated carbocycles. The maximum absolute atomic E-state index is 13.0. The molecule has 0 aliphatic rings. The fourth-order valence-electron chi connectivity index (χ4n) is 5.09. The minimum atomic E-state index is -0.935. The molecule has 0 saturated heterocycles. The third-order valence-corrected chi connectivity index (χ3v) is 7.60. The number of benzene rings is 3. The fourth-order valence-corrected chi connectivity index (χ4v) is 5.09. The predicted molar refractivity (Wildman–Crippen MR) is 159 cm³/mol. The van der Waals surface area contributed by atoms with Crippen LogP contribution in [0.25, 0.3) is 22.0 Å². The topological polar surface area (TPSA) is 84.2 Å². The summed E-state index contributed by atoms with van der Waals surface area (Å²) in [5.41, 5.74) is 9.09. The summed E-state index contributed by atoms with van der Waals surface area (Å²) >= 11 is 0. The van der Waals surface area contributed by atoms with Crippen molar-refractivity contribution in [1.29, 1.82) is 0 Å². The molecule has 0 aliphatic carbocycles. The summed E-state index contributed by atoms with van der Waals surface area (Å²) in [7, 11) is 0. The number of aromatic carboxylic acids is 1. The van der Waals surface area contributed by atoms with E-state index in [4.69, 9.17) is 0 Å². The van der Waals surface area contributed by atoms with Crippen LogP contribution in [0.2, 0.25) is 0 Å². The monoisotopic (exact) mass is 531 g/mol. The third-order valence-electron chi connectivity index (χ3n) is 7.60. The molecule has 6 nitrogen and oxygen atoms in total. The number of fused-ring (bicyclic) bond motifs is 1. The molecule has 6 heteroatoms. The molecule has 0 atom stereocenters. The average Bonchev–Trinajstić information content (AvgIpc) is 3.20. The van der Waals surface area contributed by atoms with Gasteiger partial charge in [-0.25, -0.2) is 4.79 Å². The van der Waals surface area contributed by atoms with Gasteiger partial charge in [0.25, 0.3) is 5.91 Å². The zero-order valence-corrected chi connectivity index (χ0v) is 23.2. The number of carbonyl (C=O) groups excluding carboxylic acids is 1. The van der Waals surface area contributed by atoms with Gasteiger partial charge in [-0.2, -0.15) is 0 Å². The summed E-state index contributed by atoms with van der Waals surface area (Å²) in [6, 6.07) is 23.0. The largest absolute Gasteiger partial charge is 0.478 e. The van der Waals surface area contributed by atoms with E-state index in [9.17, 15) is 14.7 Å². The summed E-state index contributed by atoms with van der Waals surface area (Å²) in [5, 5.41) is 13.6. The number of aromatic nitrogens is 2. The van der Waals surface area contributed by atoms with Crippen molar-refractivity contribution < 1.29 is 14.7 Å². The van der Waals surface area contributed by atoms with Crippen molar-refractivity contribution >= 4 is 22.8 Å². The number of hydrogen-bond acceptors (Lipinski definition) is 3. The number of nitrogens with zero attached hydrogens (tertiary/aromatic N) is 2. The summed E-state index contributed by atoms with van der Waals surface area (Å²) < 4.78 is 2.26. The van der Waals surface area contributed by atoms with E-state index in [0.29, 0.717) is 35.7 Å². The molecule has 2 N–H and O–H groups in total. The van der Waals surface area contributed by atoms with Crippen LogP contribution in [0.4, 0.5) is 0 Å². The molecule has 5 rings (SSSR count). The van der Waals surface area contributed by atoms with Crippen molar-refractivity contribution in [3.8, 4) is 11.1 Å². The Labute approximate surface area is 234 Å². The molecule has 40 heavy (non-hydrogen) atoms. The van der Waals surface area contributed by atoms with E-state index in [1.807, 2.05) is 60.8 Å². The van der Waals surface area contributed by atoms with E-state index < -0.39 is 5.97 Å². The first kappa shape index (κ1) is 26.9. The third kappa shape index (κ3) is 5.38. The fraction of sp³-hybridized carbons (Fsp3) is 0.206. The van der Waals surface area contributed by atoms with Gasteiger partial charge in [-0.3, -0.25) is 9.78 Å². The minimum Gasteiger partial charge on any atom is -0.478 e. The molecule has 5 aromatic rings. The van der Waals surface area contributed by atoms with Gasteiger partial charge in [0, 0.05) is 47.6 Å². The number of rotatable bonds is 8. The molecule has 202 valence electrons. The molecule has 2 heterocycles. The van der Waals surface area contributed by atoms with E-state index in [1.165, 1.54) is 0 Å². The number of carbonyl (C=O) groups is 2. The second kappa shape index (κ2) is 11.2. The normalized spacial score (nSPS) is 11.2. The number of carboxylic acids is 1. The van der Waals surface area contributed by atoms with Crippen LogP contribution in [0.15, 0.2) is 85.2 Å². The lowest BCUT2D eigenvalue weighted by atomic mass is 9.99. The first-order valence-electron chi connectivity index (χ1n) is 13.5.